The Bertz CT molecular complexity index is 268. The Morgan fingerprint density at radius 1 is 1.44 bits per heavy atom. The Morgan fingerprint density at radius 2 is 2.12 bits per heavy atom. The van der Waals surface area contributed by atoms with Crippen molar-refractivity contribution in [3.8, 4) is 0 Å². The molecule has 1 atom stereocenters. The summed E-state index contributed by atoms with van der Waals surface area (Å²) in [5.74, 6) is -1.19. The molecule has 1 fully saturated rings. The summed E-state index contributed by atoms with van der Waals surface area (Å²) in [5, 5.41) is 8.35. The molecule has 1 aliphatic rings. The maximum Gasteiger partial charge on any atom is 0.329 e. The van der Waals surface area contributed by atoms with Crippen LogP contribution < -0.4 is 0 Å². The molecule has 6 nitrogen and oxygen atoms in total. The molecule has 0 aromatic heterocycles. The van der Waals surface area contributed by atoms with E-state index >= 15 is 0 Å². The van der Waals surface area contributed by atoms with Gasteiger partial charge in [-0.25, -0.2) is 4.79 Å². The Hall–Kier alpha value is -1.14. The van der Waals surface area contributed by atoms with Crippen LogP contribution in [0, 0.1) is 0 Å². The van der Waals surface area contributed by atoms with Gasteiger partial charge >= 0.3 is 5.97 Å². The summed E-state index contributed by atoms with van der Waals surface area (Å²) in [7, 11) is 3.97. The van der Waals surface area contributed by atoms with Gasteiger partial charge in [-0.2, -0.15) is 0 Å². The molecule has 0 spiro atoms. The van der Waals surface area contributed by atoms with E-state index in [2.05, 4.69) is 4.90 Å². The van der Waals surface area contributed by atoms with Gasteiger partial charge in [0.25, 0.3) is 0 Å². The van der Waals surface area contributed by atoms with Crippen LogP contribution in [0.2, 0.25) is 0 Å². The summed E-state index contributed by atoms with van der Waals surface area (Å²) in [4.78, 5) is 25.6. The quantitative estimate of drug-likeness (QED) is 0.673. The second-order valence-electron chi connectivity index (χ2n) is 4.13. The van der Waals surface area contributed by atoms with Gasteiger partial charge in [0.05, 0.1) is 0 Å². The zero-order valence-corrected chi connectivity index (χ0v) is 9.68. The Morgan fingerprint density at radius 3 is 2.62 bits per heavy atom. The Balaban J connectivity index is 2.25. The average molecular weight is 230 g/mol. The molecule has 1 heterocycles. The first kappa shape index (κ1) is 12.9. The third-order valence-electron chi connectivity index (χ3n) is 2.70. The first-order chi connectivity index (χ1) is 7.50. The molecule has 0 bridgehead atoms. The number of rotatable bonds is 5. The van der Waals surface area contributed by atoms with Gasteiger partial charge in [0.1, 0.15) is 13.2 Å². The van der Waals surface area contributed by atoms with Crippen molar-refractivity contribution in [3.63, 3.8) is 0 Å². The Labute approximate surface area is 94.8 Å². The third kappa shape index (κ3) is 3.79. The second kappa shape index (κ2) is 5.81. The summed E-state index contributed by atoms with van der Waals surface area (Å²) < 4.78 is 4.76. The van der Waals surface area contributed by atoms with Gasteiger partial charge in [-0.05, 0) is 20.5 Å². The molecule has 1 N–H and O–H groups in total. The SMILES string of the molecule is CN(C)C1CCN(C(=O)COCC(=O)O)C1. The van der Waals surface area contributed by atoms with E-state index in [0.717, 1.165) is 13.0 Å². The lowest BCUT2D eigenvalue weighted by atomic mass is 10.2. The van der Waals surface area contributed by atoms with Gasteiger partial charge in [-0.3, -0.25) is 4.79 Å². The first-order valence-corrected chi connectivity index (χ1v) is 5.24. The van der Waals surface area contributed by atoms with Crippen LogP contribution in [0.4, 0.5) is 0 Å². The molecule has 1 unspecified atom stereocenters. The van der Waals surface area contributed by atoms with Crippen molar-refractivity contribution in [1.82, 2.24) is 9.80 Å². The summed E-state index contributed by atoms with van der Waals surface area (Å²) in [6, 6.07) is 0.392. The van der Waals surface area contributed by atoms with Gasteiger partial charge in [-0.1, -0.05) is 0 Å². The van der Waals surface area contributed by atoms with Crippen LogP contribution in [-0.4, -0.2) is 73.2 Å². The highest BCUT2D eigenvalue weighted by Crippen LogP contribution is 2.13. The normalized spacial score (nSPS) is 20.4. The third-order valence-corrected chi connectivity index (χ3v) is 2.70. The largest absolute Gasteiger partial charge is 0.480 e. The molecule has 0 aromatic rings. The first-order valence-electron chi connectivity index (χ1n) is 5.24. The highest BCUT2D eigenvalue weighted by molar-refractivity contribution is 5.78. The standard InChI is InChI=1S/C10H18N2O4/c1-11(2)8-3-4-12(5-8)9(13)6-16-7-10(14)15/h8H,3-7H2,1-2H3,(H,14,15). The fourth-order valence-corrected chi connectivity index (χ4v) is 1.71. The molecular weight excluding hydrogens is 212 g/mol. The lowest BCUT2D eigenvalue weighted by molar-refractivity contribution is -0.145. The van der Waals surface area contributed by atoms with E-state index in [4.69, 9.17) is 9.84 Å². The number of hydrogen-bond acceptors (Lipinski definition) is 4. The van der Waals surface area contributed by atoms with Crippen molar-refractivity contribution in [1.29, 1.82) is 0 Å². The summed E-state index contributed by atoms with van der Waals surface area (Å²) >= 11 is 0. The molecule has 0 radical (unpaired) electrons. The van der Waals surface area contributed by atoms with Crippen LogP contribution >= 0.6 is 0 Å². The lowest BCUT2D eigenvalue weighted by Gasteiger charge is -2.20. The molecule has 92 valence electrons. The van der Waals surface area contributed by atoms with E-state index in [9.17, 15) is 9.59 Å². The number of aliphatic carboxylic acids is 1. The molecule has 1 aliphatic heterocycles. The number of amides is 1. The molecule has 16 heavy (non-hydrogen) atoms. The number of hydrogen-bond donors (Lipinski definition) is 1. The van der Waals surface area contributed by atoms with Crippen LogP contribution in [0.15, 0.2) is 0 Å². The molecule has 1 saturated heterocycles. The van der Waals surface area contributed by atoms with Crippen LogP contribution in [-0.2, 0) is 14.3 Å². The number of ether oxygens (including phenoxy) is 1. The molecule has 0 aromatic carbocycles. The number of carbonyl (C=O) groups is 2. The van der Waals surface area contributed by atoms with E-state index in [-0.39, 0.29) is 12.5 Å². The second-order valence-corrected chi connectivity index (χ2v) is 4.13. The predicted molar refractivity (Wildman–Crippen MR) is 57.1 cm³/mol. The molecule has 1 rings (SSSR count). The van der Waals surface area contributed by atoms with Gasteiger partial charge < -0.3 is 19.6 Å². The fraction of sp³-hybridized carbons (Fsp3) is 0.800. The average Bonchev–Trinajstić information content (AvgIpc) is 2.65. The van der Waals surface area contributed by atoms with Crippen LogP contribution in [0.3, 0.4) is 0 Å². The van der Waals surface area contributed by atoms with E-state index in [1.807, 2.05) is 14.1 Å². The molecule has 0 aliphatic carbocycles. The molecule has 6 heteroatoms. The highest BCUT2D eigenvalue weighted by atomic mass is 16.5. The fourth-order valence-electron chi connectivity index (χ4n) is 1.71. The maximum absolute atomic E-state index is 11.6. The summed E-state index contributed by atoms with van der Waals surface area (Å²) in [6.07, 6.45) is 0.956. The van der Waals surface area contributed by atoms with Gasteiger partial charge in [0.2, 0.25) is 5.91 Å². The predicted octanol–water partition coefficient (Wildman–Crippen LogP) is -0.750. The molecule has 1 amide bonds. The Kier molecular flexibility index (Phi) is 4.70. The molecular formula is C10H18N2O4. The van der Waals surface area contributed by atoms with E-state index in [1.165, 1.54) is 0 Å². The minimum absolute atomic E-state index is 0.134. The number of nitrogens with zero attached hydrogens (tertiary/aromatic N) is 2. The zero-order chi connectivity index (χ0) is 12.1. The van der Waals surface area contributed by atoms with Crippen LogP contribution in [0.25, 0.3) is 0 Å². The van der Waals surface area contributed by atoms with E-state index in [1.54, 1.807) is 4.90 Å². The topological polar surface area (TPSA) is 70.1 Å². The number of likely N-dealkylation sites (tertiary alicyclic amines) is 1. The minimum atomic E-state index is -1.06. The minimum Gasteiger partial charge on any atom is -0.480 e. The summed E-state index contributed by atoms with van der Waals surface area (Å²) in [5.41, 5.74) is 0. The lowest BCUT2D eigenvalue weighted by Crippen LogP contribution is -2.36. The maximum atomic E-state index is 11.6. The number of carboxylic acids is 1. The van der Waals surface area contributed by atoms with E-state index < -0.39 is 12.6 Å². The van der Waals surface area contributed by atoms with Gasteiger partial charge in [0.15, 0.2) is 0 Å². The van der Waals surface area contributed by atoms with Crippen LogP contribution in [0.1, 0.15) is 6.42 Å². The van der Waals surface area contributed by atoms with Crippen molar-refractivity contribution in [3.05, 3.63) is 0 Å². The van der Waals surface area contributed by atoms with Crippen molar-refractivity contribution in [2.75, 3.05) is 40.4 Å². The van der Waals surface area contributed by atoms with Crippen molar-refractivity contribution < 1.29 is 19.4 Å². The number of carbonyl (C=O) groups excluding carboxylic acids is 1. The monoisotopic (exact) mass is 230 g/mol. The zero-order valence-electron chi connectivity index (χ0n) is 9.68. The van der Waals surface area contributed by atoms with Crippen molar-refractivity contribution in [2.24, 2.45) is 0 Å². The van der Waals surface area contributed by atoms with Crippen molar-refractivity contribution >= 4 is 11.9 Å². The number of carboxylic acid groups (broad SMARTS) is 1. The highest BCUT2D eigenvalue weighted by Gasteiger charge is 2.27. The van der Waals surface area contributed by atoms with E-state index in [0.29, 0.717) is 12.6 Å². The van der Waals surface area contributed by atoms with Gasteiger partial charge in [0, 0.05) is 19.1 Å². The summed E-state index contributed by atoms with van der Waals surface area (Å²) in [6.45, 7) is 0.851. The smallest absolute Gasteiger partial charge is 0.329 e. The molecule has 0 saturated carbocycles. The van der Waals surface area contributed by atoms with Gasteiger partial charge in [-0.15, -0.1) is 0 Å². The number of likely N-dealkylation sites (N-methyl/N-ethyl adjacent to an activating group) is 1. The van der Waals surface area contributed by atoms with Crippen LogP contribution in [0.5, 0.6) is 0 Å². The van der Waals surface area contributed by atoms with Crippen molar-refractivity contribution in [2.45, 2.75) is 12.5 Å².